The maximum absolute atomic E-state index is 13.5. The molecule has 0 spiro atoms. The number of hydrogen-bond acceptors (Lipinski definition) is 4. The molecule has 1 N–H and O–H groups in total. The highest BCUT2D eigenvalue weighted by Crippen LogP contribution is 2.19. The molecule has 2 rings (SSSR count). The Balaban J connectivity index is 2.25. The summed E-state index contributed by atoms with van der Waals surface area (Å²) < 4.78 is 39.9. The zero-order valence-electron chi connectivity index (χ0n) is 10.8. The molecule has 0 heterocycles. The SMILES string of the molecule is O=C(CS)c1ccc(NS(=O)(=O)c2ccccc2F)cc1. The smallest absolute Gasteiger partial charge is 0.264 e. The van der Waals surface area contributed by atoms with Crippen LogP contribution in [0.3, 0.4) is 0 Å². The number of Topliss-reactive ketones (excluding diaryl/α,β-unsaturated/α-hetero) is 1. The van der Waals surface area contributed by atoms with Crippen molar-refractivity contribution in [2.75, 3.05) is 10.5 Å². The van der Waals surface area contributed by atoms with E-state index in [1.165, 1.54) is 42.5 Å². The van der Waals surface area contributed by atoms with Gasteiger partial charge in [0, 0.05) is 11.3 Å². The van der Waals surface area contributed by atoms with E-state index in [1.807, 2.05) is 0 Å². The quantitative estimate of drug-likeness (QED) is 0.656. The molecule has 0 aromatic heterocycles. The van der Waals surface area contributed by atoms with E-state index in [0.29, 0.717) is 5.56 Å². The lowest BCUT2D eigenvalue weighted by molar-refractivity contribution is 0.102. The standard InChI is InChI=1S/C14H12FNO3S2/c15-12-3-1-2-4-14(12)21(18,19)16-11-7-5-10(6-8-11)13(17)9-20/h1-8,16,20H,9H2. The van der Waals surface area contributed by atoms with E-state index in [2.05, 4.69) is 17.4 Å². The molecular weight excluding hydrogens is 313 g/mol. The van der Waals surface area contributed by atoms with Gasteiger partial charge in [-0.25, -0.2) is 12.8 Å². The summed E-state index contributed by atoms with van der Waals surface area (Å²) in [7, 11) is -4.01. The Labute approximate surface area is 127 Å². The van der Waals surface area contributed by atoms with E-state index in [0.717, 1.165) is 6.07 Å². The highest BCUT2D eigenvalue weighted by atomic mass is 32.2. The van der Waals surface area contributed by atoms with Crippen LogP contribution in [0.4, 0.5) is 10.1 Å². The van der Waals surface area contributed by atoms with E-state index in [-0.39, 0.29) is 17.2 Å². The van der Waals surface area contributed by atoms with Crippen molar-refractivity contribution in [2.45, 2.75) is 4.90 Å². The second-order valence-electron chi connectivity index (χ2n) is 4.19. The summed E-state index contributed by atoms with van der Waals surface area (Å²) in [6.45, 7) is 0. The number of hydrogen-bond donors (Lipinski definition) is 2. The van der Waals surface area contributed by atoms with E-state index in [1.54, 1.807) is 0 Å². The summed E-state index contributed by atoms with van der Waals surface area (Å²) in [5, 5.41) is 0. The molecule has 0 aliphatic heterocycles. The van der Waals surface area contributed by atoms with Crippen LogP contribution in [0, 0.1) is 5.82 Å². The van der Waals surface area contributed by atoms with Crippen molar-refractivity contribution >= 4 is 34.1 Å². The molecule has 0 aliphatic carbocycles. The van der Waals surface area contributed by atoms with Crippen molar-refractivity contribution in [3.63, 3.8) is 0 Å². The molecule has 110 valence electrons. The number of nitrogens with one attached hydrogen (secondary N) is 1. The third-order valence-electron chi connectivity index (χ3n) is 2.73. The molecule has 0 amide bonds. The fourth-order valence-electron chi connectivity index (χ4n) is 1.69. The van der Waals surface area contributed by atoms with Crippen LogP contribution in [0.2, 0.25) is 0 Å². The van der Waals surface area contributed by atoms with Gasteiger partial charge in [-0.2, -0.15) is 12.6 Å². The van der Waals surface area contributed by atoms with Crippen LogP contribution in [0.1, 0.15) is 10.4 Å². The number of carbonyl (C=O) groups is 1. The third kappa shape index (κ3) is 3.62. The Morgan fingerprint density at radius 2 is 1.71 bits per heavy atom. The lowest BCUT2D eigenvalue weighted by Gasteiger charge is -2.09. The van der Waals surface area contributed by atoms with Crippen molar-refractivity contribution in [1.82, 2.24) is 0 Å². The van der Waals surface area contributed by atoms with E-state index >= 15 is 0 Å². The van der Waals surface area contributed by atoms with Gasteiger partial charge in [0.1, 0.15) is 10.7 Å². The number of rotatable bonds is 5. The Morgan fingerprint density at radius 1 is 1.10 bits per heavy atom. The average molecular weight is 325 g/mol. The first-order valence-corrected chi connectivity index (χ1v) is 8.07. The third-order valence-corrected chi connectivity index (χ3v) is 4.43. The van der Waals surface area contributed by atoms with Gasteiger partial charge in [-0.05, 0) is 36.4 Å². The minimum Gasteiger partial charge on any atom is -0.293 e. The van der Waals surface area contributed by atoms with Gasteiger partial charge in [0.05, 0.1) is 5.75 Å². The summed E-state index contributed by atoms with van der Waals surface area (Å²) in [6.07, 6.45) is 0. The summed E-state index contributed by atoms with van der Waals surface area (Å²) in [5.74, 6) is -0.922. The van der Waals surface area contributed by atoms with Crippen molar-refractivity contribution in [3.8, 4) is 0 Å². The van der Waals surface area contributed by atoms with E-state index < -0.39 is 20.7 Å². The molecule has 0 radical (unpaired) electrons. The van der Waals surface area contributed by atoms with Crippen LogP contribution in [0.25, 0.3) is 0 Å². The highest BCUT2D eigenvalue weighted by Gasteiger charge is 2.18. The molecule has 0 saturated heterocycles. The van der Waals surface area contributed by atoms with Crippen LogP contribution >= 0.6 is 12.6 Å². The summed E-state index contributed by atoms with van der Waals surface area (Å²) in [6, 6.07) is 10.9. The van der Waals surface area contributed by atoms with Crippen molar-refractivity contribution in [1.29, 1.82) is 0 Å². The van der Waals surface area contributed by atoms with E-state index in [9.17, 15) is 17.6 Å². The Bertz CT molecular complexity index is 758. The number of benzene rings is 2. The number of anilines is 1. The average Bonchev–Trinajstić information content (AvgIpc) is 2.47. The molecule has 0 atom stereocenters. The minimum atomic E-state index is -4.01. The van der Waals surface area contributed by atoms with Gasteiger partial charge in [-0.15, -0.1) is 0 Å². The molecule has 7 heteroatoms. The predicted molar refractivity (Wildman–Crippen MR) is 81.8 cm³/mol. The Hall–Kier alpha value is -1.86. The van der Waals surface area contributed by atoms with Crippen LogP contribution in [0.15, 0.2) is 53.4 Å². The number of sulfonamides is 1. The van der Waals surface area contributed by atoms with Crippen molar-refractivity contribution in [2.24, 2.45) is 0 Å². The largest absolute Gasteiger partial charge is 0.293 e. The van der Waals surface area contributed by atoms with Crippen LogP contribution in [0.5, 0.6) is 0 Å². The molecule has 0 fully saturated rings. The lowest BCUT2D eigenvalue weighted by Crippen LogP contribution is -2.14. The van der Waals surface area contributed by atoms with Crippen LogP contribution < -0.4 is 4.72 Å². The molecule has 0 aliphatic rings. The maximum atomic E-state index is 13.5. The zero-order chi connectivity index (χ0) is 15.5. The first-order valence-electron chi connectivity index (χ1n) is 5.95. The number of thiol groups is 1. The molecular formula is C14H12FNO3S2. The first-order chi connectivity index (χ1) is 9.94. The topological polar surface area (TPSA) is 63.2 Å². The molecule has 0 saturated carbocycles. The summed E-state index contributed by atoms with van der Waals surface area (Å²) in [5.41, 5.74) is 0.674. The monoisotopic (exact) mass is 325 g/mol. The fraction of sp³-hybridized carbons (Fsp3) is 0.0714. The fourth-order valence-corrected chi connectivity index (χ4v) is 3.01. The van der Waals surface area contributed by atoms with Crippen LogP contribution in [-0.4, -0.2) is 20.0 Å². The second kappa shape index (κ2) is 6.28. The van der Waals surface area contributed by atoms with Gasteiger partial charge in [-0.1, -0.05) is 12.1 Å². The predicted octanol–water partition coefficient (Wildman–Crippen LogP) is 2.74. The summed E-state index contributed by atoms with van der Waals surface area (Å²) >= 11 is 3.88. The van der Waals surface area contributed by atoms with Gasteiger partial charge in [0.2, 0.25) is 0 Å². The number of halogens is 1. The van der Waals surface area contributed by atoms with Gasteiger partial charge in [0.15, 0.2) is 5.78 Å². The van der Waals surface area contributed by atoms with E-state index in [4.69, 9.17) is 0 Å². The van der Waals surface area contributed by atoms with Gasteiger partial charge < -0.3 is 0 Å². The Kier molecular flexibility index (Phi) is 4.64. The molecule has 0 bridgehead atoms. The van der Waals surface area contributed by atoms with Crippen molar-refractivity contribution in [3.05, 3.63) is 59.9 Å². The molecule has 0 unspecified atom stereocenters. The van der Waals surface area contributed by atoms with Gasteiger partial charge in [-0.3, -0.25) is 9.52 Å². The summed E-state index contributed by atoms with van der Waals surface area (Å²) in [4.78, 5) is 11.0. The molecule has 4 nitrogen and oxygen atoms in total. The highest BCUT2D eigenvalue weighted by molar-refractivity contribution is 7.92. The Morgan fingerprint density at radius 3 is 2.29 bits per heavy atom. The molecule has 21 heavy (non-hydrogen) atoms. The maximum Gasteiger partial charge on any atom is 0.264 e. The zero-order valence-corrected chi connectivity index (χ0v) is 12.5. The van der Waals surface area contributed by atoms with Crippen LogP contribution in [-0.2, 0) is 10.0 Å². The molecule has 2 aromatic rings. The minimum absolute atomic E-state index is 0.0697. The number of carbonyl (C=O) groups excluding carboxylic acids is 1. The lowest BCUT2D eigenvalue weighted by atomic mass is 10.1. The number of ketones is 1. The second-order valence-corrected chi connectivity index (χ2v) is 6.16. The van der Waals surface area contributed by atoms with Gasteiger partial charge >= 0.3 is 0 Å². The normalized spacial score (nSPS) is 11.1. The van der Waals surface area contributed by atoms with Crippen molar-refractivity contribution < 1.29 is 17.6 Å². The first kappa shape index (κ1) is 15.5. The van der Waals surface area contributed by atoms with Gasteiger partial charge in [0.25, 0.3) is 10.0 Å². The molecule has 2 aromatic carbocycles.